The van der Waals surface area contributed by atoms with Crippen LogP contribution in [0.1, 0.15) is 58.6 Å². The summed E-state index contributed by atoms with van der Waals surface area (Å²) >= 11 is 29.1. The lowest BCUT2D eigenvalue weighted by molar-refractivity contribution is -0.193. The number of amides is 2. The number of aryl methyl sites for hydroxylation is 2. The van der Waals surface area contributed by atoms with E-state index >= 15 is 0 Å². The van der Waals surface area contributed by atoms with Gasteiger partial charge in [0.15, 0.2) is 4.84 Å². The Hall–Kier alpha value is -3.96. The number of anilines is 2. The molecule has 0 fully saturated rings. The summed E-state index contributed by atoms with van der Waals surface area (Å²) < 4.78 is 32.1. The van der Waals surface area contributed by atoms with E-state index in [1.807, 2.05) is 75.5 Å². The van der Waals surface area contributed by atoms with Crippen molar-refractivity contribution in [3.63, 3.8) is 0 Å². The number of ether oxygens (including phenoxy) is 3. The Labute approximate surface area is 437 Å². The van der Waals surface area contributed by atoms with Gasteiger partial charge in [0.25, 0.3) is 5.91 Å². The highest BCUT2D eigenvalue weighted by Gasteiger charge is 2.32. The molecule has 2 unspecified atom stereocenters. The number of halogens is 5. The van der Waals surface area contributed by atoms with Crippen molar-refractivity contribution in [3.05, 3.63) is 92.2 Å². The molecule has 1 aliphatic heterocycles. The summed E-state index contributed by atoms with van der Waals surface area (Å²) in [7, 11) is -2.13. The minimum Gasteiger partial charge on any atom is -0.778 e. The summed E-state index contributed by atoms with van der Waals surface area (Å²) in [5.74, 6) is 1.34. The van der Waals surface area contributed by atoms with Crippen LogP contribution in [0.4, 0.5) is 11.4 Å². The van der Waals surface area contributed by atoms with Crippen molar-refractivity contribution in [2.45, 2.75) is 70.7 Å². The number of aromatic nitrogens is 2. The number of aliphatic carboxylic acids is 1. The van der Waals surface area contributed by atoms with Gasteiger partial charge in [-0.15, -0.1) is 23.1 Å². The van der Waals surface area contributed by atoms with Gasteiger partial charge in [0.05, 0.1) is 64.7 Å². The summed E-state index contributed by atoms with van der Waals surface area (Å²) in [6, 6.07) is 16.3. The highest BCUT2D eigenvalue weighted by Crippen LogP contribution is 2.35. The van der Waals surface area contributed by atoms with Gasteiger partial charge in [0, 0.05) is 18.6 Å². The quantitative estimate of drug-likeness (QED) is 0.0362. The SMILES string of the molecule is C#CCOc1cc(-n2nc(C(C)(C)C)oc2=O)c(Cl)cc1Cl.CC1COc2ccccc2N1C(=O)C(Cl)Cl.CCc1cccc(CC)c1N(COC)C(=O)CCl.C[S+](C)C.O=C(O)CNCP(=O)([O-])O. The maximum atomic E-state index is 12.0. The number of alkyl halides is 3. The summed E-state index contributed by atoms with van der Waals surface area (Å²) in [6.07, 6.45) is 12.8. The van der Waals surface area contributed by atoms with Crippen LogP contribution in [0.2, 0.25) is 10.0 Å². The summed E-state index contributed by atoms with van der Waals surface area (Å²) in [4.78, 5) is 65.8. The van der Waals surface area contributed by atoms with Gasteiger partial charge in [-0.1, -0.05) is 117 Å². The van der Waals surface area contributed by atoms with E-state index in [4.69, 9.17) is 93.1 Å². The molecule has 5 rings (SSSR count). The smallest absolute Gasteiger partial charge is 0.442 e. The van der Waals surface area contributed by atoms with Crippen LogP contribution < -0.4 is 35.2 Å². The van der Waals surface area contributed by atoms with Gasteiger partial charge in [-0.3, -0.25) is 24.6 Å². The summed E-state index contributed by atoms with van der Waals surface area (Å²) in [5.41, 5.74) is 3.86. The van der Waals surface area contributed by atoms with E-state index in [1.165, 1.54) is 12.1 Å². The molecular formula is C46H61Cl5N5O12PS. The number of methoxy groups -OCH3 is 1. The third-order valence-corrected chi connectivity index (χ3v) is 10.5. The van der Waals surface area contributed by atoms with Crippen LogP contribution in [-0.4, -0.2) is 113 Å². The lowest BCUT2D eigenvalue weighted by atomic mass is 9.97. The number of hydrogen-bond donors (Lipinski definition) is 3. The van der Waals surface area contributed by atoms with Crippen molar-refractivity contribution >= 4 is 106 Å². The number of carbonyl (C=O) groups is 3. The van der Waals surface area contributed by atoms with Crippen molar-refractivity contribution in [2.24, 2.45) is 0 Å². The molecular weight excluding hydrogens is 1050 g/mol. The Morgan fingerprint density at radius 1 is 1.06 bits per heavy atom. The van der Waals surface area contributed by atoms with Gasteiger partial charge in [0.1, 0.15) is 44.9 Å². The predicted molar refractivity (Wildman–Crippen MR) is 280 cm³/mol. The van der Waals surface area contributed by atoms with E-state index in [2.05, 4.69) is 43.6 Å². The zero-order chi connectivity index (χ0) is 53.5. The van der Waals surface area contributed by atoms with Crippen LogP contribution in [0.25, 0.3) is 5.69 Å². The van der Waals surface area contributed by atoms with Gasteiger partial charge < -0.3 is 43.0 Å². The standard InChI is InChI=1S/C15H14Cl2N2O3.C14H20ClNO2.C11H11Cl2NO2.C3H8NO5P.C3H9S/c1-5-6-21-12-8-11(9(16)7-10(12)17)19-14(20)22-13(18-19)15(2,3)4;1-4-11-7-6-8-12(5-2)14(11)16(10-18-3)13(17)9-15;1-7-6-16-9-5-3-2-4-8(9)14(7)11(15)10(12)13;5-3(6)1-4-2-10(7,8)9;1-4(2)3/h1,7-8H,6H2,2-4H3;6-8H,4-5,9-10H2,1-3H3;2-5,7,10H,6H2,1H3;4H,1-2H2,(H,5,6)(H2,7,8,9);1-3H3/q;;;;+1/p-1. The molecule has 24 heteroatoms. The molecule has 2 heterocycles. The molecule has 1 aliphatic rings. The average Bonchev–Trinajstić information content (AvgIpc) is 3.68. The zero-order valence-electron chi connectivity index (χ0n) is 40.6. The molecule has 0 spiro atoms. The summed E-state index contributed by atoms with van der Waals surface area (Å²) in [6.45, 7) is 11.9. The molecule has 70 heavy (non-hydrogen) atoms. The number of benzene rings is 3. The Morgan fingerprint density at radius 3 is 2.11 bits per heavy atom. The molecule has 1 aromatic heterocycles. The minimum atomic E-state index is -4.35. The van der Waals surface area contributed by atoms with Crippen molar-refractivity contribution in [1.82, 2.24) is 15.1 Å². The van der Waals surface area contributed by atoms with Crippen LogP contribution in [0, 0.1) is 12.3 Å². The number of para-hydroxylation sites is 3. The largest absolute Gasteiger partial charge is 0.778 e. The Balaban J connectivity index is 0.000000467. The molecule has 0 aliphatic carbocycles. The Morgan fingerprint density at radius 2 is 1.64 bits per heavy atom. The second-order valence-electron chi connectivity index (χ2n) is 16.0. The van der Waals surface area contributed by atoms with Crippen LogP contribution in [0.3, 0.4) is 0 Å². The van der Waals surface area contributed by atoms with Crippen molar-refractivity contribution in [1.29, 1.82) is 0 Å². The Bertz CT molecular complexity index is 2430. The second-order valence-corrected chi connectivity index (χ2v) is 22.3. The number of nitrogens with one attached hydrogen (secondary N) is 1. The zero-order valence-corrected chi connectivity index (χ0v) is 46.1. The summed E-state index contributed by atoms with van der Waals surface area (Å²) in [5, 5.41) is 14.7. The highest BCUT2D eigenvalue weighted by atomic mass is 35.5. The number of carboxylic acid groups (broad SMARTS) is 1. The normalized spacial score (nSPS) is 13.5. The third-order valence-electron chi connectivity index (χ3n) is 8.70. The minimum absolute atomic E-state index is 0.0371. The third kappa shape index (κ3) is 21.8. The average molecular weight is 1120 g/mol. The molecule has 3 aromatic carbocycles. The lowest BCUT2D eigenvalue weighted by Crippen LogP contribution is -2.47. The van der Waals surface area contributed by atoms with Crippen LogP contribution in [0.15, 0.2) is 63.8 Å². The van der Waals surface area contributed by atoms with E-state index in [9.17, 15) is 28.6 Å². The molecule has 0 bridgehead atoms. The first kappa shape index (κ1) is 64.1. The van der Waals surface area contributed by atoms with Gasteiger partial charge in [-0.2, -0.15) is 4.68 Å². The number of hydrogen-bond acceptors (Lipinski definition) is 12. The number of carboxylic acids is 1. The number of carbonyl (C=O) groups excluding carboxylic acids is 2. The lowest BCUT2D eigenvalue weighted by Gasteiger charge is -2.35. The van der Waals surface area contributed by atoms with Crippen molar-refractivity contribution in [3.8, 4) is 29.5 Å². The molecule has 0 saturated heterocycles. The fourth-order valence-electron chi connectivity index (χ4n) is 5.71. The predicted octanol–water partition coefficient (Wildman–Crippen LogP) is 7.69. The first-order valence-corrected chi connectivity index (χ1v) is 27.5. The monoisotopic (exact) mass is 1110 g/mol. The van der Waals surface area contributed by atoms with Gasteiger partial charge in [0.2, 0.25) is 11.8 Å². The van der Waals surface area contributed by atoms with Crippen LogP contribution >= 0.6 is 65.6 Å². The van der Waals surface area contributed by atoms with Gasteiger partial charge in [-0.25, -0.2) is 4.79 Å². The van der Waals surface area contributed by atoms with E-state index in [-0.39, 0.29) is 47.1 Å². The first-order valence-electron chi connectivity index (χ1n) is 21.1. The molecule has 17 nitrogen and oxygen atoms in total. The van der Waals surface area contributed by atoms with Crippen LogP contribution in [-0.2, 0) is 52.8 Å². The van der Waals surface area contributed by atoms with E-state index in [0.29, 0.717) is 40.6 Å². The second kappa shape index (κ2) is 31.5. The van der Waals surface area contributed by atoms with Gasteiger partial charge >= 0.3 is 11.7 Å². The van der Waals surface area contributed by atoms with Gasteiger partial charge in [-0.05, 0) is 60.0 Å². The fourth-order valence-corrected chi connectivity index (χ4v) is 6.98. The van der Waals surface area contributed by atoms with E-state index in [0.717, 1.165) is 40.0 Å². The first-order chi connectivity index (χ1) is 32.7. The topological polar surface area (TPSA) is 226 Å². The number of nitrogens with zero attached hydrogens (tertiary/aromatic N) is 4. The molecule has 2 amide bonds. The fraction of sp³-hybridized carbons (Fsp3) is 0.457. The molecule has 3 N–H and O–H groups in total. The molecule has 0 saturated carbocycles. The van der Waals surface area contributed by atoms with E-state index in [1.54, 1.807) is 16.9 Å². The molecule has 0 radical (unpaired) electrons. The maximum Gasteiger partial charge on any atom is 0.442 e. The molecule has 4 aromatic rings. The Kier molecular flexibility index (Phi) is 28.8. The highest BCUT2D eigenvalue weighted by molar-refractivity contribution is 7.94. The van der Waals surface area contributed by atoms with E-state index < -0.39 is 42.4 Å². The number of terminal acetylenes is 1. The molecule has 388 valence electrons. The van der Waals surface area contributed by atoms with Crippen molar-refractivity contribution < 1.29 is 52.5 Å². The molecule has 2 atom stereocenters. The van der Waals surface area contributed by atoms with Crippen molar-refractivity contribution in [2.75, 3.05) is 74.3 Å². The number of fused-ring (bicyclic) bond motifs is 1. The number of rotatable bonds is 14. The maximum absolute atomic E-state index is 12.0. The van der Waals surface area contributed by atoms with Crippen LogP contribution in [0.5, 0.6) is 11.5 Å².